The highest BCUT2D eigenvalue weighted by Crippen LogP contribution is 2.17. The number of aromatic nitrogens is 1. The number of nitrogens with one attached hydrogen (secondary N) is 1. The van der Waals surface area contributed by atoms with Gasteiger partial charge in [-0.25, -0.2) is 9.59 Å². The number of ketones is 1. The van der Waals surface area contributed by atoms with E-state index >= 15 is 0 Å². The molecule has 1 aromatic heterocycles. The standard InChI is InChI=1S/C16H19N3O5/c1-10(9-18-4-6-19(7-5-18)16(22)23)14(20)11-2-3-12-13(8-11)24-15(21)17-12/h2-3,8,10H,4-7,9H2,1H3,(H,17,21)(H,22,23). The Bertz CT molecular complexity index is 816. The Morgan fingerprint density at radius 1 is 1.29 bits per heavy atom. The van der Waals surface area contributed by atoms with Crippen LogP contribution in [-0.2, 0) is 0 Å². The molecule has 8 nitrogen and oxygen atoms in total. The van der Waals surface area contributed by atoms with Gasteiger partial charge >= 0.3 is 11.8 Å². The highest BCUT2D eigenvalue weighted by molar-refractivity contribution is 6.00. The van der Waals surface area contributed by atoms with Crippen LogP contribution in [0.4, 0.5) is 4.79 Å². The van der Waals surface area contributed by atoms with Gasteiger partial charge in [0.25, 0.3) is 0 Å². The van der Waals surface area contributed by atoms with E-state index in [9.17, 15) is 14.4 Å². The number of amides is 1. The number of Topliss-reactive ketones (excluding diaryl/α,β-unsaturated/α-hetero) is 1. The predicted molar refractivity (Wildman–Crippen MR) is 86.4 cm³/mol. The van der Waals surface area contributed by atoms with Crippen molar-refractivity contribution in [1.82, 2.24) is 14.8 Å². The van der Waals surface area contributed by atoms with Crippen molar-refractivity contribution in [3.05, 3.63) is 34.3 Å². The molecule has 0 saturated carbocycles. The first kappa shape index (κ1) is 16.3. The fourth-order valence-electron chi connectivity index (χ4n) is 2.98. The molecule has 1 aromatic carbocycles. The molecule has 128 valence electrons. The molecular formula is C16H19N3O5. The summed E-state index contributed by atoms with van der Waals surface area (Å²) in [7, 11) is 0. The molecule has 24 heavy (non-hydrogen) atoms. The molecule has 1 atom stereocenters. The van der Waals surface area contributed by atoms with Crippen molar-refractivity contribution in [2.45, 2.75) is 6.92 Å². The molecule has 2 aromatic rings. The van der Waals surface area contributed by atoms with Crippen LogP contribution in [0.5, 0.6) is 0 Å². The third kappa shape index (κ3) is 3.33. The lowest BCUT2D eigenvalue weighted by Gasteiger charge is -2.34. The summed E-state index contributed by atoms with van der Waals surface area (Å²) >= 11 is 0. The number of carbonyl (C=O) groups excluding carboxylic acids is 1. The van der Waals surface area contributed by atoms with Crippen molar-refractivity contribution in [3.8, 4) is 0 Å². The third-order valence-corrected chi connectivity index (χ3v) is 4.33. The molecule has 1 aliphatic rings. The number of rotatable bonds is 4. The summed E-state index contributed by atoms with van der Waals surface area (Å²) in [6.45, 7) is 4.57. The van der Waals surface area contributed by atoms with Crippen LogP contribution in [0.15, 0.2) is 27.4 Å². The van der Waals surface area contributed by atoms with Gasteiger partial charge in [-0.2, -0.15) is 0 Å². The summed E-state index contributed by atoms with van der Waals surface area (Å²) in [4.78, 5) is 40.7. The fourth-order valence-corrected chi connectivity index (χ4v) is 2.98. The van der Waals surface area contributed by atoms with Crippen molar-refractivity contribution in [2.75, 3.05) is 32.7 Å². The highest BCUT2D eigenvalue weighted by atomic mass is 16.4. The Balaban J connectivity index is 1.63. The first-order valence-electron chi connectivity index (χ1n) is 7.81. The maximum atomic E-state index is 12.6. The van der Waals surface area contributed by atoms with Crippen molar-refractivity contribution >= 4 is 23.0 Å². The average Bonchev–Trinajstić information content (AvgIpc) is 2.93. The number of H-pyrrole nitrogens is 1. The van der Waals surface area contributed by atoms with Crippen LogP contribution in [0.3, 0.4) is 0 Å². The van der Waals surface area contributed by atoms with E-state index in [1.54, 1.807) is 18.2 Å². The summed E-state index contributed by atoms with van der Waals surface area (Å²) in [6.07, 6.45) is -0.903. The first-order valence-corrected chi connectivity index (χ1v) is 7.81. The summed E-state index contributed by atoms with van der Waals surface area (Å²) < 4.78 is 4.99. The molecule has 1 unspecified atom stereocenters. The second-order valence-electron chi connectivity index (χ2n) is 6.06. The Hall–Kier alpha value is -2.61. The Morgan fingerprint density at radius 3 is 2.67 bits per heavy atom. The van der Waals surface area contributed by atoms with Gasteiger partial charge in [-0.15, -0.1) is 0 Å². The molecule has 0 spiro atoms. The minimum Gasteiger partial charge on any atom is -0.465 e. The molecule has 1 saturated heterocycles. The van der Waals surface area contributed by atoms with Crippen LogP contribution in [0.2, 0.25) is 0 Å². The Morgan fingerprint density at radius 2 is 2.00 bits per heavy atom. The SMILES string of the molecule is CC(CN1CCN(C(=O)O)CC1)C(=O)c1ccc2[nH]c(=O)oc2c1. The molecular weight excluding hydrogens is 314 g/mol. The number of oxazole rings is 1. The number of hydrogen-bond donors (Lipinski definition) is 2. The molecule has 0 bridgehead atoms. The van der Waals surface area contributed by atoms with E-state index in [1.807, 2.05) is 6.92 Å². The molecule has 8 heteroatoms. The van der Waals surface area contributed by atoms with E-state index in [-0.39, 0.29) is 11.7 Å². The van der Waals surface area contributed by atoms with Crippen LogP contribution in [-0.4, -0.2) is 64.5 Å². The predicted octanol–water partition coefficient (Wildman–Crippen LogP) is 1.24. The van der Waals surface area contributed by atoms with Gasteiger partial charge in [0.15, 0.2) is 11.4 Å². The van der Waals surface area contributed by atoms with Gasteiger partial charge in [0.2, 0.25) is 0 Å². The minimum atomic E-state index is -0.903. The van der Waals surface area contributed by atoms with E-state index < -0.39 is 11.8 Å². The lowest BCUT2D eigenvalue weighted by Crippen LogP contribution is -2.49. The fraction of sp³-hybridized carbons (Fsp3) is 0.438. The van der Waals surface area contributed by atoms with Crippen molar-refractivity contribution < 1.29 is 19.1 Å². The summed E-state index contributed by atoms with van der Waals surface area (Å²) in [5, 5.41) is 8.95. The number of carboxylic acid groups (broad SMARTS) is 1. The number of carbonyl (C=O) groups is 2. The molecule has 1 fully saturated rings. The van der Waals surface area contributed by atoms with Crippen molar-refractivity contribution in [2.24, 2.45) is 5.92 Å². The number of piperazine rings is 1. The molecule has 0 radical (unpaired) electrons. The highest BCUT2D eigenvalue weighted by Gasteiger charge is 2.24. The smallest absolute Gasteiger partial charge is 0.417 e. The number of hydrogen-bond acceptors (Lipinski definition) is 5. The van der Waals surface area contributed by atoms with E-state index in [4.69, 9.17) is 9.52 Å². The van der Waals surface area contributed by atoms with E-state index in [1.165, 1.54) is 4.90 Å². The molecule has 1 aliphatic heterocycles. The van der Waals surface area contributed by atoms with E-state index in [2.05, 4.69) is 9.88 Å². The summed E-state index contributed by atoms with van der Waals surface area (Å²) in [5.41, 5.74) is 1.43. The lowest BCUT2D eigenvalue weighted by molar-refractivity contribution is 0.0808. The van der Waals surface area contributed by atoms with Gasteiger partial charge in [-0.1, -0.05) is 6.92 Å². The van der Waals surface area contributed by atoms with Crippen LogP contribution in [0, 0.1) is 5.92 Å². The van der Waals surface area contributed by atoms with Crippen molar-refractivity contribution in [1.29, 1.82) is 0 Å². The Kier molecular flexibility index (Phi) is 4.39. The molecule has 0 aliphatic carbocycles. The van der Waals surface area contributed by atoms with Crippen molar-refractivity contribution in [3.63, 3.8) is 0 Å². The normalized spacial score (nSPS) is 17.1. The zero-order chi connectivity index (χ0) is 17.3. The van der Waals surface area contributed by atoms with Crippen LogP contribution >= 0.6 is 0 Å². The maximum absolute atomic E-state index is 12.6. The van der Waals surface area contributed by atoms with Gasteiger partial charge in [0.1, 0.15) is 0 Å². The molecule has 2 heterocycles. The van der Waals surface area contributed by atoms with Crippen LogP contribution in [0.1, 0.15) is 17.3 Å². The summed E-state index contributed by atoms with van der Waals surface area (Å²) in [5.74, 6) is -0.801. The average molecular weight is 333 g/mol. The van der Waals surface area contributed by atoms with E-state index in [0.717, 1.165) is 0 Å². The molecule has 1 amide bonds. The topological polar surface area (TPSA) is 107 Å². The largest absolute Gasteiger partial charge is 0.465 e. The molecule has 3 rings (SSSR count). The zero-order valence-electron chi connectivity index (χ0n) is 13.3. The number of nitrogens with zero attached hydrogens (tertiary/aromatic N) is 2. The number of fused-ring (bicyclic) bond motifs is 1. The van der Waals surface area contributed by atoms with Gasteiger partial charge < -0.3 is 14.4 Å². The van der Waals surface area contributed by atoms with Gasteiger partial charge in [-0.3, -0.25) is 14.7 Å². The minimum absolute atomic E-state index is 0.0265. The van der Waals surface area contributed by atoms with Gasteiger partial charge in [0.05, 0.1) is 5.52 Å². The van der Waals surface area contributed by atoms with E-state index in [0.29, 0.717) is 49.4 Å². The first-order chi connectivity index (χ1) is 11.4. The number of aromatic amines is 1. The monoisotopic (exact) mass is 333 g/mol. The Labute approximate surface area is 137 Å². The second kappa shape index (κ2) is 6.48. The van der Waals surface area contributed by atoms with Gasteiger partial charge in [-0.05, 0) is 18.2 Å². The zero-order valence-corrected chi connectivity index (χ0v) is 13.3. The van der Waals surface area contributed by atoms with Crippen LogP contribution < -0.4 is 5.76 Å². The van der Waals surface area contributed by atoms with Gasteiger partial charge in [0, 0.05) is 44.2 Å². The summed E-state index contributed by atoms with van der Waals surface area (Å²) in [6, 6.07) is 4.91. The maximum Gasteiger partial charge on any atom is 0.417 e. The van der Waals surface area contributed by atoms with Crippen LogP contribution in [0.25, 0.3) is 11.1 Å². The third-order valence-electron chi connectivity index (χ3n) is 4.33. The molecule has 2 N–H and O–H groups in total. The quantitative estimate of drug-likeness (QED) is 0.815. The number of benzene rings is 1. The second-order valence-corrected chi connectivity index (χ2v) is 6.06. The lowest BCUT2D eigenvalue weighted by atomic mass is 9.98.